The van der Waals surface area contributed by atoms with E-state index in [0.717, 1.165) is 6.54 Å². The molecule has 1 heterocycles. The molecule has 2 rings (SSSR count). The molecule has 2 heteroatoms. The van der Waals surface area contributed by atoms with Gasteiger partial charge in [-0.15, -0.1) is 0 Å². The summed E-state index contributed by atoms with van der Waals surface area (Å²) in [6.07, 6.45) is 0. The van der Waals surface area contributed by atoms with Crippen LogP contribution in [-0.2, 0) is 6.54 Å². The van der Waals surface area contributed by atoms with Gasteiger partial charge in [-0.05, 0) is 34.9 Å². The molecule has 0 saturated carbocycles. The summed E-state index contributed by atoms with van der Waals surface area (Å²) in [7, 11) is 0. The topological polar surface area (TPSA) is 12.0 Å². The van der Waals surface area contributed by atoms with Crippen LogP contribution < -0.4 is 5.32 Å². The van der Waals surface area contributed by atoms with Crippen molar-refractivity contribution in [3.63, 3.8) is 0 Å². The Kier molecular flexibility index (Phi) is 3.54. The van der Waals surface area contributed by atoms with E-state index < -0.39 is 0 Å². The highest BCUT2D eigenvalue weighted by molar-refractivity contribution is 7.07. The van der Waals surface area contributed by atoms with Gasteiger partial charge in [-0.25, -0.2) is 0 Å². The Labute approximate surface area is 94.8 Å². The van der Waals surface area contributed by atoms with Crippen LogP contribution in [0.2, 0.25) is 0 Å². The minimum absolute atomic E-state index is 0.408. The van der Waals surface area contributed by atoms with Crippen LogP contribution in [0.15, 0.2) is 47.2 Å². The molecule has 78 valence electrons. The van der Waals surface area contributed by atoms with Gasteiger partial charge in [0.25, 0.3) is 0 Å². The van der Waals surface area contributed by atoms with Gasteiger partial charge in [0.15, 0.2) is 0 Å². The third-order valence-corrected chi connectivity index (χ3v) is 3.22. The third-order valence-electron chi connectivity index (χ3n) is 2.49. The van der Waals surface area contributed by atoms with E-state index in [1.807, 2.05) is 0 Å². The zero-order valence-corrected chi connectivity index (χ0v) is 9.63. The number of hydrogen-bond donors (Lipinski definition) is 1. The summed E-state index contributed by atoms with van der Waals surface area (Å²) >= 11 is 1.75. The second-order valence-electron chi connectivity index (χ2n) is 3.64. The molecule has 0 radical (unpaired) electrons. The van der Waals surface area contributed by atoms with Crippen molar-refractivity contribution in [1.29, 1.82) is 0 Å². The van der Waals surface area contributed by atoms with Crippen molar-refractivity contribution in [3.05, 3.63) is 58.3 Å². The minimum Gasteiger partial charge on any atom is -0.306 e. The summed E-state index contributed by atoms with van der Waals surface area (Å²) in [5, 5.41) is 7.81. The molecule has 0 fully saturated rings. The first-order valence-electron chi connectivity index (χ1n) is 5.15. The molecule has 0 aliphatic carbocycles. The maximum Gasteiger partial charge on any atom is 0.0294 e. The van der Waals surface area contributed by atoms with Gasteiger partial charge in [0.05, 0.1) is 0 Å². The lowest BCUT2D eigenvalue weighted by Crippen LogP contribution is -2.17. The molecule has 0 unspecified atom stereocenters. The molecule has 0 bridgehead atoms. The zero-order valence-electron chi connectivity index (χ0n) is 8.81. The summed E-state index contributed by atoms with van der Waals surface area (Å²) in [6.45, 7) is 3.14. The molecule has 0 aliphatic rings. The van der Waals surface area contributed by atoms with E-state index in [2.05, 4.69) is 59.4 Å². The molecule has 0 aliphatic heterocycles. The molecule has 0 amide bonds. The van der Waals surface area contributed by atoms with Gasteiger partial charge in [0, 0.05) is 12.6 Å². The molecule has 1 atom stereocenters. The van der Waals surface area contributed by atoms with Crippen LogP contribution in [0.25, 0.3) is 0 Å². The number of hydrogen-bond acceptors (Lipinski definition) is 2. The molecule has 0 spiro atoms. The van der Waals surface area contributed by atoms with Gasteiger partial charge in [-0.3, -0.25) is 0 Å². The van der Waals surface area contributed by atoms with E-state index in [4.69, 9.17) is 0 Å². The van der Waals surface area contributed by atoms with Crippen LogP contribution >= 0.6 is 11.3 Å². The summed E-state index contributed by atoms with van der Waals surface area (Å²) in [5.74, 6) is 0. The zero-order chi connectivity index (χ0) is 10.5. The summed E-state index contributed by atoms with van der Waals surface area (Å²) in [6, 6.07) is 13.1. The highest BCUT2D eigenvalue weighted by Crippen LogP contribution is 2.13. The second kappa shape index (κ2) is 5.10. The lowest BCUT2D eigenvalue weighted by Gasteiger charge is -2.13. The van der Waals surface area contributed by atoms with Gasteiger partial charge in [-0.2, -0.15) is 11.3 Å². The highest BCUT2D eigenvalue weighted by atomic mass is 32.1. The number of benzene rings is 1. The fourth-order valence-corrected chi connectivity index (χ4v) is 2.19. The van der Waals surface area contributed by atoms with E-state index in [1.165, 1.54) is 11.1 Å². The molecule has 1 N–H and O–H groups in total. The Morgan fingerprint density at radius 3 is 2.67 bits per heavy atom. The second-order valence-corrected chi connectivity index (χ2v) is 4.42. The minimum atomic E-state index is 0.408. The van der Waals surface area contributed by atoms with E-state index in [1.54, 1.807) is 11.3 Å². The molecular weight excluding hydrogens is 202 g/mol. The van der Waals surface area contributed by atoms with Crippen molar-refractivity contribution >= 4 is 11.3 Å². The largest absolute Gasteiger partial charge is 0.306 e. The Hall–Kier alpha value is -1.12. The Balaban J connectivity index is 1.90. The fourth-order valence-electron chi connectivity index (χ4n) is 1.52. The van der Waals surface area contributed by atoms with Gasteiger partial charge in [-0.1, -0.05) is 30.3 Å². The number of rotatable bonds is 4. The lowest BCUT2D eigenvalue weighted by molar-refractivity contribution is 0.575. The maximum absolute atomic E-state index is 3.51. The standard InChI is InChI=1S/C13H15NS/c1-11(13-5-3-2-4-6-13)14-9-12-7-8-15-10-12/h2-8,10-11,14H,9H2,1H3/t11-/m1/s1. The third kappa shape index (κ3) is 2.91. The molecular formula is C13H15NS. The molecule has 1 aromatic carbocycles. The molecule has 2 aromatic rings. The van der Waals surface area contributed by atoms with Crippen LogP contribution in [0.5, 0.6) is 0 Å². The van der Waals surface area contributed by atoms with Crippen molar-refractivity contribution in [1.82, 2.24) is 5.32 Å². The van der Waals surface area contributed by atoms with Crippen LogP contribution in [0.4, 0.5) is 0 Å². The van der Waals surface area contributed by atoms with E-state index in [0.29, 0.717) is 6.04 Å². The highest BCUT2D eigenvalue weighted by Gasteiger charge is 2.03. The summed E-state index contributed by atoms with van der Waals surface area (Å²) in [4.78, 5) is 0. The summed E-state index contributed by atoms with van der Waals surface area (Å²) < 4.78 is 0. The smallest absolute Gasteiger partial charge is 0.0294 e. The van der Waals surface area contributed by atoms with E-state index in [9.17, 15) is 0 Å². The number of thiophene rings is 1. The maximum atomic E-state index is 3.51. The van der Waals surface area contributed by atoms with Gasteiger partial charge >= 0.3 is 0 Å². The van der Waals surface area contributed by atoms with Crippen molar-refractivity contribution in [2.75, 3.05) is 0 Å². The first kappa shape index (κ1) is 10.4. The van der Waals surface area contributed by atoms with Gasteiger partial charge in [0.2, 0.25) is 0 Å². The van der Waals surface area contributed by atoms with Crippen molar-refractivity contribution < 1.29 is 0 Å². The lowest BCUT2D eigenvalue weighted by atomic mass is 10.1. The molecule has 1 nitrogen and oxygen atoms in total. The van der Waals surface area contributed by atoms with E-state index in [-0.39, 0.29) is 0 Å². The van der Waals surface area contributed by atoms with Crippen LogP contribution in [-0.4, -0.2) is 0 Å². The normalized spacial score (nSPS) is 12.6. The number of nitrogens with one attached hydrogen (secondary N) is 1. The Bertz CT molecular complexity index is 380. The van der Waals surface area contributed by atoms with Gasteiger partial charge < -0.3 is 5.32 Å². The van der Waals surface area contributed by atoms with Gasteiger partial charge in [0.1, 0.15) is 0 Å². The summed E-state index contributed by atoms with van der Waals surface area (Å²) in [5.41, 5.74) is 2.70. The van der Waals surface area contributed by atoms with Crippen molar-refractivity contribution in [3.8, 4) is 0 Å². The quantitative estimate of drug-likeness (QED) is 0.825. The fraction of sp³-hybridized carbons (Fsp3) is 0.231. The first-order chi connectivity index (χ1) is 7.36. The van der Waals surface area contributed by atoms with Crippen molar-refractivity contribution in [2.45, 2.75) is 19.5 Å². The Morgan fingerprint density at radius 2 is 2.00 bits per heavy atom. The van der Waals surface area contributed by atoms with Crippen LogP contribution in [0, 0.1) is 0 Å². The molecule has 0 saturated heterocycles. The molecule has 15 heavy (non-hydrogen) atoms. The van der Waals surface area contributed by atoms with Crippen LogP contribution in [0.3, 0.4) is 0 Å². The SMILES string of the molecule is C[C@@H](NCc1ccsc1)c1ccccc1. The average Bonchev–Trinajstić information content (AvgIpc) is 2.80. The van der Waals surface area contributed by atoms with Crippen molar-refractivity contribution in [2.24, 2.45) is 0 Å². The Morgan fingerprint density at radius 1 is 1.20 bits per heavy atom. The molecule has 1 aromatic heterocycles. The van der Waals surface area contributed by atoms with E-state index >= 15 is 0 Å². The monoisotopic (exact) mass is 217 g/mol. The predicted molar refractivity (Wildman–Crippen MR) is 66.0 cm³/mol. The first-order valence-corrected chi connectivity index (χ1v) is 6.10. The van der Waals surface area contributed by atoms with Crippen LogP contribution in [0.1, 0.15) is 24.1 Å². The average molecular weight is 217 g/mol. The predicted octanol–water partition coefficient (Wildman–Crippen LogP) is 3.60.